The van der Waals surface area contributed by atoms with Crippen molar-refractivity contribution in [2.45, 2.75) is 33.3 Å². The molecule has 1 N–H and O–H groups in total. The highest BCUT2D eigenvalue weighted by Crippen LogP contribution is 2.24. The van der Waals surface area contributed by atoms with Gasteiger partial charge in [0.25, 0.3) is 5.91 Å². The third-order valence-corrected chi connectivity index (χ3v) is 5.18. The molecule has 1 aliphatic heterocycles. The predicted molar refractivity (Wildman–Crippen MR) is 103 cm³/mol. The van der Waals surface area contributed by atoms with Crippen molar-refractivity contribution in [3.05, 3.63) is 64.8 Å². The SMILES string of the molecule is Cc1cc(C[C@@H]2CN(C(=O)c3cccc(-n4nc(C)cc4C)c3)C[C@@H]2O)on1. The lowest BCUT2D eigenvalue weighted by atomic mass is 10.0. The van der Waals surface area contributed by atoms with Gasteiger partial charge in [0, 0.05) is 42.8 Å². The Labute approximate surface area is 163 Å². The van der Waals surface area contributed by atoms with E-state index in [0.717, 1.165) is 28.5 Å². The van der Waals surface area contributed by atoms with Gasteiger partial charge < -0.3 is 14.5 Å². The third-order valence-electron chi connectivity index (χ3n) is 5.18. The van der Waals surface area contributed by atoms with Gasteiger partial charge >= 0.3 is 0 Å². The number of carbonyl (C=O) groups excluding carboxylic acids is 1. The number of nitrogens with zero attached hydrogens (tertiary/aromatic N) is 4. The highest BCUT2D eigenvalue weighted by Gasteiger charge is 2.35. The molecule has 28 heavy (non-hydrogen) atoms. The van der Waals surface area contributed by atoms with Crippen LogP contribution in [0.4, 0.5) is 0 Å². The summed E-state index contributed by atoms with van der Waals surface area (Å²) in [6, 6.07) is 11.3. The molecule has 1 aliphatic rings. The van der Waals surface area contributed by atoms with Gasteiger partial charge in [-0.05, 0) is 45.0 Å². The van der Waals surface area contributed by atoms with Crippen molar-refractivity contribution in [3.63, 3.8) is 0 Å². The van der Waals surface area contributed by atoms with Crippen LogP contribution < -0.4 is 0 Å². The molecule has 7 nitrogen and oxygen atoms in total. The zero-order chi connectivity index (χ0) is 19.8. The summed E-state index contributed by atoms with van der Waals surface area (Å²) in [5.74, 6) is 0.594. The number of aliphatic hydroxyl groups is 1. The molecule has 0 unspecified atom stereocenters. The minimum Gasteiger partial charge on any atom is -0.391 e. The molecule has 0 bridgehead atoms. The number of aromatic nitrogens is 3. The molecule has 3 heterocycles. The second kappa shape index (κ2) is 7.24. The van der Waals surface area contributed by atoms with Gasteiger partial charge in [-0.15, -0.1) is 0 Å². The van der Waals surface area contributed by atoms with Gasteiger partial charge in [-0.3, -0.25) is 4.79 Å². The molecule has 0 aliphatic carbocycles. The van der Waals surface area contributed by atoms with E-state index in [2.05, 4.69) is 10.3 Å². The van der Waals surface area contributed by atoms with E-state index in [1.807, 2.05) is 55.8 Å². The van der Waals surface area contributed by atoms with Gasteiger partial charge in [-0.25, -0.2) is 4.68 Å². The molecule has 7 heteroatoms. The van der Waals surface area contributed by atoms with Gasteiger partial charge in [-0.2, -0.15) is 5.10 Å². The van der Waals surface area contributed by atoms with E-state index in [9.17, 15) is 9.90 Å². The van der Waals surface area contributed by atoms with Crippen LogP contribution in [0.1, 0.15) is 33.2 Å². The highest BCUT2D eigenvalue weighted by molar-refractivity contribution is 5.95. The maximum Gasteiger partial charge on any atom is 0.254 e. The van der Waals surface area contributed by atoms with Crippen LogP contribution in [0.3, 0.4) is 0 Å². The van der Waals surface area contributed by atoms with Gasteiger partial charge in [0.05, 0.1) is 23.2 Å². The second-order valence-electron chi connectivity index (χ2n) is 7.57. The van der Waals surface area contributed by atoms with Crippen molar-refractivity contribution in [2.24, 2.45) is 5.92 Å². The average molecular weight is 380 g/mol. The fraction of sp³-hybridized carbons (Fsp3) is 0.381. The Balaban J connectivity index is 1.50. The van der Waals surface area contributed by atoms with Crippen LogP contribution in [-0.2, 0) is 6.42 Å². The number of rotatable bonds is 4. The summed E-state index contributed by atoms with van der Waals surface area (Å²) in [4.78, 5) is 14.7. The summed E-state index contributed by atoms with van der Waals surface area (Å²) >= 11 is 0. The second-order valence-corrected chi connectivity index (χ2v) is 7.57. The number of aryl methyl sites for hydroxylation is 3. The number of β-amino-alcohol motifs (C(OH)–C–C–N with tert-alkyl or cyclic N) is 1. The van der Waals surface area contributed by atoms with E-state index < -0.39 is 6.10 Å². The predicted octanol–water partition coefficient (Wildman–Crippen LogP) is 2.46. The minimum absolute atomic E-state index is 0.0597. The molecule has 1 saturated heterocycles. The summed E-state index contributed by atoms with van der Waals surface area (Å²) in [5.41, 5.74) is 4.21. The lowest BCUT2D eigenvalue weighted by molar-refractivity contribution is 0.0764. The smallest absolute Gasteiger partial charge is 0.254 e. The fourth-order valence-electron chi connectivity index (χ4n) is 3.84. The lowest BCUT2D eigenvalue weighted by Gasteiger charge is -2.16. The average Bonchev–Trinajstić information content (AvgIpc) is 3.34. The van der Waals surface area contributed by atoms with E-state index in [1.165, 1.54) is 0 Å². The van der Waals surface area contributed by atoms with Crippen molar-refractivity contribution >= 4 is 5.91 Å². The van der Waals surface area contributed by atoms with Crippen LogP contribution in [0.15, 0.2) is 40.9 Å². The van der Waals surface area contributed by atoms with Crippen LogP contribution in [0.5, 0.6) is 0 Å². The maximum absolute atomic E-state index is 13.0. The van der Waals surface area contributed by atoms with E-state index in [4.69, 9.17) is 4.52 Å². The number of aliphatic hydroxyl groups excluding tert-OH is 1. The van der Waals surface area contributed by atoms with Crippen LogP contribution in [-0.4, -0.2) is 50.0 Å². The van der Waals surface area contributed by atoms with Crippen molar-refractivity contribution in [3.8, 4) is 5.69 Å². The van der Waals surface area contributed by atoms with E-state index in [0.29, 0.717) is 25.1 Å². The minimum atomic E-state index is -0.575. The van der Waals surface area contributed by atoms with Crippen LogP contribution in [0.25, 0.3) is 5.69 Å². The Morgan fingerprint density at radius 3 is 2.68 bits per heavy atom. The molecule has 1 amide bonds. The maximum atomic E-state index is 13.0. The Hall–Kier alpha value is -2.93. The molecule has 146 valence electrons. The number of hydrogen-bond donors (Lipinski definition) is 1. The normalized spacial score (nSPS) is 19.4. The van der Waals surface area contributed by atoms with Crippen LogP contribution in [0, 0.1) is 26.7 Å². The Morgan fingerprint density at radius 2 is 2.00 bits per heavy atom. The number of likely N-dealkylation sites (tertiary alicyclic amines) is 1. The zero-order valence-corrected chi connectivity index (χ0v) is 16.3. The van der Waals surface area contributed by atoms with E-state index >= 15 is 0 Å². The Bertz CT molecular complexity index is 1010. The first-order chi connectivity index (χ1) is 13.4. The fourth-order valence-corrected chi connectivity index (χ4v) is 3.84. The molecule has 0 saturated carbocycles. The van der Waals surface area contributed by atoms with Gasteiger partial charge in [0.15, 0.2) is 0 Å². The van der Waals surface area contributed by atoms with Crippen molar-refractivity contribution in [1.82, 2.24) is 19.8 Å². The number of carbonyl (C=O) groups is 1. The first-order valence-electron chi connectivity index (χ1n) is 9.44. The first-order valence-corrected chi connectivity index (χ1v) is 9.44. The molecular formula is C21H24N4O3. The van der Waals surface area contributed by atoms with Gasteiger partial charge in [0.2, 0.25) is 0 Å². The molecule has 0 radical (unpaired) electrons. The molecule has 0 spiro atoms. The van der Waals surface area contributed by atoms with Crippen molar-refractivity contribution in [1.29, 1.82) is 0 Å². The molecule has 1 aromatic carbocycles. The summed E-state index contributed by atoms with van der Waals surface area (Å²) < 4.78 is 7.09. The number of amides is 1. The standard InChI is InChI=1S/C21H24N4O3/c1-13-7-15(3)25(22-13)18-6-4-5-16(9-18)21(27)24-11-17(20(26)12-24)10-19-8-14(2)23-28-19/h4-9,17,20,26H,10-12H2,1-3H3/t17-,20+/m1/s1. The molecule has 2 aromatic heterocycles. The van der Waals surface area contributed by atoms with Crippen molar-refractivity contribution in [2.75, 3.05) is 13.1 Å². The van der Waals surface area contributed by atoms with Gasteiger partial charge in [0.1, 0.15) is 5.76 Å². The number of hydrogen-bond acceptors (Lipinski definition) is 5. The highest BCUT2D eigenvalue weighted by atomic mass is 16.5. The molecular weight excluding hydrogens is 356 g/mol. The number of benzene rings is 1. The van der Waals surface area contributed by atoms with E-state index in [-0.39, 0.29) is 11.8 Å². The summed E-state index contributed by atoms with van der Waals surface area (Å²) in [7, 11) is 0. The lowest BCUT2D eigenvalue weighted by Crippen LogP contribution is -2.29. The molecule has 3 aromatic rings. The van der Waals surface area contributed by atoms with Crippen LogP contribution in [0.2, 0.25) is 0 Å². The largest absolute Gasteiger partial charge is 0.391 e. The first kappa shape index (κ1) is 18.4. The summed E-state index contributed by atoms with van der Waals surface area (Å²) in [6.07, 6.45) is -0.00837. The van der Waals surface area contributed by atoms with E-state index in [1.54, 1.807) is 11.0 Å². The third kappa shape index (κ3) is 3.57. The molecule has 2 atom stereocenters. The summed E-state index contributed by atoms with van der Waals surface area (Å²) in [5, 5.41) is 18.8. The Kier molecular flexibility index (Phi) is 4.77. The zero-order valence-electron chi connectivity index (χ0n) is 16.3. The summed E-state index contributed by atoms with van der Waals surface area (Å²) in [6.45, 7) is 6.61. The quantitative estimate of drug-likeness (QED) is 0.752. The van der Waals surface area contributed by atoms with Gasteiger partial charge in [-0.1, -0.05) is 11.2 Å². The molecule has 4 rings (SSSR count). The monoisotopic (exact) mass is 380 g/mol. The van der Waals surface area contributed by atoms with Crippen molar-refractivity contribution < 1.29 is 14.4 Å². The Morgan fingerprint density at radius 1 is 1.18 bits per heavy atom. The topological polar surface area (TPSA) is 84.4 Å². The molecule has 1 fully saturated rings. The van der Waals surface area contributed by atoms with Crippen LogP contribution >= 0.6 is 0 Å².